The van der Waals surface area contributed by atoms with E-state index >= 15 is 0 Å². The predicted molar refractivity (Wildman–Crippen MR) is 61.7 cm³/mol. The van der Waals surface area contributed by atoms with Gasteiger partial charge in [0.2, 0.25) is 0 Å². The highest BCUT2D eigenvalue weighted by Crippen LogP contribution is 2.36. The molecule has 0 N–H and O–H groups in total. The second kappa shape index (κ2) is 5.30. The van der Waals surface area contributed by atoms with E-state index in [1.54, 1.807) is 0 Å². The van der Waals surface area contributed by atoms with Gasteiger partial charge in [-0.05, 0) is 11.6 Å². The number of halogens is 4. The van der Waals surface area contributed by atoms with Gasteiger partial charge in [-0.3, -0.25) is 0 Å². The lowest BCUT2D eigenvalue weighted by Gasteiger charge is -2.31. The molecule has 0 radical (unpaired) electrons. The summed E-state index contributed by atoms with van der Waals surface area (Å²) in [6.07, 6.45) is -5.73. The molecule has 1 aliphatic heterocycles. The van der Waals surface area contributed by atoms with E-state index in [4.69, 9.17) is 4.74 Å². The van der Waals surface area contributed by atoms with E-state index in [2.05, 4.69) is 0 Å². The molecule has 0 saturated carbocycles. The Balaban J connectivity index is 2.33. The molecule has 0 aliphatic carbocycles. The second-order valence-electron chi connectivity index (χ2n) is 4.24. The Kier molecular flexibility index (Phi) is 4.03. The molecule has 1 atom stereocenters. The van der Waals surface area contributed by atoms with Crippen LogP contribution < -0.4 is 0 Å². The van der Waals surface area contributed by atoms with Crippen LogP contribution in [0.4, 0.5) is 17.1 Å². The molecular formula is C11H11F4NO3S. The lowest BCUT2D eigenvalue weighted by atomic mass is 10.0. The average molecular weight is 313 g/mol. The van der Waals surface area contributed by atoms with Crippen LogP contribution in [-0.2, 0) is 21.3 Å². The van der Waals surface area contributed by atoms with Gasteiger partial charge in [0.15, 0.2) is 0 Å². The summed E-state index contributed by atoms with van der Waals surface area (Å²) >= 11 is 0. The first kappa shape index (κ1) is 15.2. The maximum absolute atomic E-state index is 12.9. The number of benzene rings is 1. The minimum atomic E-state index is -4.94. The lowest BCUT2D eigenvalue weighted by Crippen LogP contribution is -2.40. The van der Waals surface area contributed by atoms with Crippen LogP contribution in [0.2, 0.25) is 0 Å². The Morgan fingerprint density at radius 2 is 1.90 bits per heavy atom. The van der Waals surface area contributed by atoms with Crippen molar-refractivity contribution in [1.29, 1.82) is 0 Å². The Hall–Kier alpha value is -1.19. The van der Waals surface area contributed by atoms with E-state index in [1.807, 2.05) is 0 Å². The highest BCUT2D eigenvalue weighted by molar-refractivity contribution is 7.83. The van der Waals surface area contributed by atoms with Crippen molar-refractivity contribution in [1.82, 2.24) is 4.31 Å². The van der Waals surface area contributed by atoms with Gasteiger partial charge >= 0.3 is 16.6 Å². The van der Waals surface area contributed by atoms with Gasteiger partial charge in [-0.15, -0.1) is 0 Å². The smallest absolute Gasteiger partial charge is 0.371 e. The molecule has 2 rings (SSSR count). The first-order chi connectivity index (χ1) is 9.19. The second-order valence-corrected chi connectivity index (χ2v) is 5.59. The third kappa shape index (κ3) is 3.28. The van der Waals surface area contributed by atoms with Gasteiger partial charge in [0, 0.05) is 13.1 Å². The van der Waals surface area contributed by atoms with E-state index in [9.17, 15) is 25.5 Å². The largest absolute Gasteiger partial charge is 0.416 e. The Morgan fingerprint density at radius 3 is 2.50 bits per heavy atom. The molecule has 20 heavy (non-hydrogen) atoms. The molecule has 1 aromatic carbocycles. The van der Waals surface area contributed by atoms with E-state index in [0.29, 0.717) is 4.31 Å². The summed E-state index contributed by atoms with van der Waals surface area (Å²) in [5.41, 5.74) is -1.11. The number of hydrogen-bond donors (Lipinski definition) is 0. The summed E-state index contributed by atoms with van der Waals surface area (Å²) < 4.78 is 78.8. The summed E-state index contributed by atoms with van der Waals surface area (Å²) in [5, 5.41) is 0. The highest BCUT2D eigenvalue weighted by Gasteiger charge is 2.38. The van der Waals surface area contributed by atoms with Gasteiger partial charge in [0.25, 0.3) is 0 Å². The number of ether oxygens (including phenoxy) is 1. The van der Waals surface area contributed by atoms with Gasteiger partial charge in [0.1, 0.15) is 0 Å². The van der Waals surface area contributed by atoms with Crippen molar-refractivity contribution in [3.8, 4) is 0 Å². The van der Waals surface area contributed by atoms with E-state index in [-0.39, 0.29) is 18.7 Å². The molecule has 4 nitrogen and oxygen atoms in total. The summed E-state index contributed by atoms with van der Waals surface area (Å²) in [6.45, 7) is -0.866. The fourth-order valence-corrected chi connectivity index (χ4v) is 2.65. The number of morpholine rings is 1. The molecule has 0 bridgehead atoms. The summed E-state index contributed by atoms with van der Waals surface area (Å²) in [6, 6.07) is 4.68. The molecule has 1 unspecified atom stereocenters. The summed E-state index contributed by atoms with van der Waals surface area (Å²) in [7, 11) is -4.94. The molecule has 0 aromatic heterocycles. The van der Waals surface area contributed by atoms with E-state index in [0.717, 1.165) is 6.07 Å². The molecule has 0 amide bonds. The van der Waals surface area contributed by atoms with E-state index < -0.39 is 34.8 Å². The average Bonchev–Trinajstić information content (AvgIpc) is 2.37. The molecule has 0 spiro atoms. The topological polar surface area (TPSA) is 46.6 Å². The van der Waals surface area contributed by atoms with Crippen molar-refractivity contribution in [2.45, 2.75) is 12.3 Å². The van der Waals surface area contributed by atoms with Crippen LogP contribution in [-0.4, -0.2) is 32.4 Å². The van der Waals surface area contributed by atoms with Crippen molar-refractivity contribution < 1.29 is 30.2 Å². The highest BCUT2D eigenvalue weighted by atomic mass is 32.3. The fraction of sp³-hybridized carbons (Fsp3) is 0.455. The van der Waals surface area contributed by atoms with Gasteiger partial charge in [-0.25, -0.2) is 0 Å². The fourth-order valence-electron chi connectivity index (χ4n) is 2.05. The Bertz CT molecular complexity index is 588. The van der Waals surface area contributed by atoms with Crippen LogP contribution >= 0.6 is 0 Å². The van der Waals surface area contributed by atoms with Crippen LogP contribution in [0.25, 0.3) is 0 Å². The monoisotopic (exact) mass is 313 g/mol. The Morgan fingerprint density at radius 1 is 1.25 bits per heavy atom. The lowest BCUT2D eigenvalue weighted by molar-refractivity contribution is -0.140. The maximum atomic E-state index is 12.9. The van der Waals surface area contributed by atoms with E-state index in [1.165, 1.54) is 18.2 Å². The minimum absolute atomic E-state index is 0.167. The maximum Gasteiger partial charge on any atom is 0.416 e. The standard InChI is InChI=1S/C11H11F4NO3S/c12-11(13,14)9-4-2-1-3-8(9)10-7-16(5-6-19-10)20(15,17)18/h1-4,10H,5-7H2. The molecule has 1 aliphatic rings. The van der Waals surface area contributed by atoms with Gasteiger partial charge in [-0.2, -0.15) is 25.9 Å². The van der Waals surface area contributed by atoms with Crippen molar-refractivity contribution in [2.75, 3.05) is 19.7 Å². The third-order valence-electron chi connectivity index (χ3n) is 2.95. The molecule has 1 heterocycles. The van der Waals surface area contributed by atoms with Crippen molar-refractivity contribution in [3.63, 3.8) is 0 Å². The zero-order chi connectivity index (χ0) is 15.0. The number of alkyl halides is 3. The number of hydrogen-bond acceptors (Lipinski definition) is 3. The van der Waals surface area contributed by atoms with Crippen LogP contribution in [0, 0.1) is 0 Å². The molecule has 9 heteroatoms. The number of rotatable bonds is 2. The summed E-state index contributed by atoms with van der Waals surface area (Å²) in [4.78, 5) is 0. The van der Waals surface area contributed by atoms with Crippen molar-refractivity contribution in [2.24, 2.45) is 0 Å². The molecular weight excluding hydrogens is 302 g/mol. The zero-order valence-electron chi connectivity index (χ0n) is 10.1. The van der Waals surface area contributed by atoms with Crippen molar-refractivity contribution in [3.05, 3.63) is 35.4 Å². The third-order valence-corrected chi connectivity index (χ3v) is 3.90. The molecule has 1 aromatic rings. The quantitative estimate of drug-likeness (QED) is 0.622. The molecule has 1 saturated heterocycles. The first-order valence-electron chi connectivity index (χ1n) is 5.67. The van der Waals surface area contributed by atoms with Gasteiger partial charge in [0.05, 0.1) is 18.3 Å². The zero-order valence-corrected chi connectivity index (χ0v) is 10.9. The SMILES string of the molecule is O=S(=O)(F)N1CCOC(c2ccccc2C(F)(F)F)C1. The minimum Gasteiger partial charge on any atom is -0.371 e. The van der Waals surface area contributed by atoms with Crippen molar-refractivity contribution >= 4 is 10.4 Å². The normalized spacial score (nSPS) is 21.9. The first-order valence-corrected chi connectivity index (χ1v) is 7.01. The molecule has 112 valence electrons. The van der Waals surface area contributed by atoms with Gasteiger partial charge in [-0.1, -0.05) is 22.1 Å². The molecule has 1 fully saturated rings. The number of nitrogens with zero attached hydrogens (tertiary/aromatic N) is 1. The summed E-state index contributed by atoms with van der Waals surface area (Å²) in [5.74, 6) is 0. The predicted octanol–water partition coefficient (Wildman–Crippen LogP) is 2.29. The van der Waals surface area contributed by atoms with Gasteiger partial charge < -0.3 is 4.74 Å². The van der Waals surface area contributed by atoms with Crippen LogP contribution in [0.5, 0.6) is 0 Å². The van der Waals surface area contributed by atoms with Crippen LogP contribution in [0.1, 0.15) is 17.2 Å². The van der Waals surface area contributed by atoms with Crippen LogP contribution in [0.3, 0.4) is 0 Å². The van der Waals surface area contributed by atoms with Crippen LogP contribution in [0.15, 0.2) is 24.3 Å². The Labute approximate surface area is 113 Å².